The van der Waals surface area contributed by atoms with Gasteiger partial charge in [0.25, 0.3) is 10.0 Å². The Labute approximate surface area is 220 Å². The molecule has 0 radical (unpaired) electrons. The van der Waals surface area contributed by atoms with E-state index in [1.807, 2.05) is 63.2 Å². The molecule has 3 aromatic rings. The SMILES string of the molecule is CC[C@H](C(=O)NC)N(CCc1ccccc1)C(=O)CN(c1ccccc1C)S(=O)(=O)c1ccc(C)cc1. The van der Waals surface area contributed by atoms with E-state index < -0.39 is 28.5 Å². The maximum Gasteiger partial charge on any atom is 0.264 e. The van der Waals surface area contributed by atoms with Crippen LogP contribution in [0.3, 0.4) is 0 Å². The Balaban J connectivity index is 2.01. The van der Waals surface area contributed by atoms with E-state index in [1.54, 1.807) is 36.4 Å². The molecule has 37 heavy (non-hydrogen) atoms. The zero-order chi connectivity index (χ0) is 27.0. The van der Waals surface area contributed by atoms with Gasteiger partial charge in [0.15, 0.2) is 0 Å². The van der Waals surface area contributed by atoms with Crippen LogP contribution in [0.5, 0.6) is 0 Å². The summed E-state index contributed by atoms with van der Waals surface area (Å²) >= 11 is 0. The number of para-hydroxylation sites is 1. The van der Waals surface area contributed by atoms with Gasteiger partial charge in [-0.2, -0.15) is 0 Å². The molecule has 0 aromatic heterocycles. The molecule has 0 saturated carbocycles. The van der Waals surface area contributed by atoms with Crippen LogP contribution in [0.4, 0.5) is 5.69 Å². The summed E-state index contributed by atoms with van der Waals surface area (Å²) in [5.41, 5.74) is 3.10. The minimum atomic E-state index is -4.06. The van der Waals surface area contributed by atoms with E-state index in [2.05, 4.69) is 5.32 Å². The number of hydrogen-bond acceptors (Lipinski definition) is 4. The molecule has 1 atom stereocenters. The summed E-state index contributed by atoms with van der Waals surface area (Å²) in [6.07, 6.45) is 0.935. The van der Waals surface area contributed by atoms with Gasteiger partial charge in [-0.05, 0) is 56.0 Å². The van der Waals surface area contributed by atoms with Crippen molar-refractivity contribution in [1.29, 1.82) is 0 Å². The molecule has 7 nitrogen and oxygen atoms in total. The lowest BCUT2D eigenvalue weighted by atomic mass is 10.1. The Hall–Kier alpha value is -3.65. The van der Waals surface area contributed by atoms with Gasteiger partial charge in [-0.15, -0.1) is 0 Å². The molecular weight excluding hydrogens is 486 g/mol. The average Bonchev–Trinajstić information content (AvgIpc) is 2.90. The Morgan fingerprint density at radius 3 is 2.11 bits per heavy atom. The van der Waals surface area contributed by atoms with Gasteiger partial charge in [0, 0.05) is 13.6 Å². The lowest BCUT2D eigenvalue weighted by Gasteiger charge is -2.33. The molecule has 3 rings (SSSR count). The van der Waals surface area contributed by atoms with E-state index in [0.717, 1.165) is 21.0 Å². The van der Waals surface area contributed by atoms with Crippen LogP contribution in [0, 0.1) is 13.8 Å². The first-order valence-corrected chi connectivity index (χ1v) is 13.8. The third kappa shape index (κ3) is 6.77. The third-order valence-electron chi connectivity index (χ3n) is 6.39. The summed E-state index contributed by atoms with van der Waals surface area (Å²) in [5, 5.41) is 2.64. The number of aryl methyl sites for hydroxylation is 2. The molecule has 196 valence electrons. The summed E-state index contributed by atoms with van der Waals surface area (Å²) in [7, 11) is -2.53. The van der Waals surface area contributed by atoms with E-state index in [0.29, 0.717) is 18.5 Å². The number of amides is 2. The number of hydrogen-bond donors (Lipinski definition) is 1. The summed E-state index contributed by atoms with van der Waals surface area (Å²) < 4.78 is 28.8. The van der Waals surface area contributed by atoms with Crippen LogP contribution in [0.2, 0.25) is 0 Å². The second kappa shape index (κ2) is 12.5. The number of benzene rings is 3. The van der Waals surface area contributed by atoms with Crippen molar-refractivity contribution in [3.05, 3.63) is 95.6 Å². The minimum Gasteiger partial charge on any atom is -0.357 e. The summed E-state index contributed by atoms with van der Waals surface area (Å²) in [4.78, 5) is 28.2. The molecule has 1 N–H and O–H groups in total. The predicted molar refractivity (Wildman–Crippen MR) is 147 cm³/mol. The largest absolute Gasteiger partial charge is 0.357 e. The number of carbonyl (C=O) groups excluding carboxylic acids is 2. The van der Waals surface area contributed by atoms with Crippen molar-refractivity contribution in [2.75, 3.05) is 24.4 Å². The first-order valence-electron chi connectivity index (χ1n) is 12.4. The van der Waals surface area contributed by atoms with Gasteiger partial charge in [0.2, 0.25) is 11.8 Å². The van der Waals surface area contributed by atoms with Gasteiger partial charge in [0.05, 0.1) is 10.6 Å². The van der Waals surface area contributed by atoms with Crippen molar-refractivity contribution < 1.29 is 18.0 Å². The molecule has 0 fully saturated rings. The van der Waals surface area contributed by atoms with Gasteiger partial charge >= 0.3 is 0 Å². The Morgan fingerprint density at radius 1 is 0.892 bits per heavy atom. The van der Waals surface area contributed by atoms with Crippen LogP contribution in [0.25, 0.3) is 0 Å². The molecule has 0 saturated heterocycles. The highest BCUT2D eigenvalue weighted by molar-refractivity contribution is 7.92. The van der Waals surface area contributed by atoms with Crippen LogP contribution in [-0.2, 0) is 26.0 Å². The number of nitrogens with zero attached hydrogens (tertiary/aromatic N) is 2. The van der Waals surface area contributed by atoms with Crippen LogP contribution in [0.1, 0.15) is 30.0 Å². The van der Waals surface area contributed by atoms with Crippen LogP contribution in [-0.4, -0.2) is 51.3 Å². The monoisotopic (exact) mass is 521 g/mol. The van der Waals surface area contributed by atoms with Crippen LogP contribution in [0.15, 0.2) is 83.8 Å². The lowest BCUT2D eigenvalue weighted by Crippen LogP contribution is -2.52. The first kappa shape index (κ1) is 27.9. The molecule has 0 spiro atoms. The summed E-state index contributed by atoms with van der Waals surface area (Å²) in [6, 6.07) is 22.6. The fraction of sp³-hybridized carbons (Fsp3) is 0.310. The van der Waals surface area contributed by atoms with Gasteiger partial charge < -0.3 is 10.2 Å². The molecule has 2 amide bonds. The van der Waals surface area contributed by atoms with Crippen molar-refractivity contribution in [1.82, 2.24) is 10.2 Å². The predicted octanol–water partition coefficient (Wildman–Crippen LogP) is 4.09. The lowest BCUT2D eigenvalue weighted by molar-refractivity contribution is -0.139. The quantitative estimate of drug-likeness (QED) is 0.412. The van der Waals surface area contributed by atoms with Crippen molar-refractivity contribution in [2.24, 2.45) is 0 Å². The van der Waals surface area contributed by atoms with Gasteiger partial charge in [-0.25, -0.2) is 8.42 Å². The number of sulfonamides is 1. The number of nitrogens with one attached hydrogen (secondary N) is 1. The summed E-state index contributed by atoms with van der Waals surface area (Å²) in [5.74, 6) is -0.724. The van der Waals surface area contributed by atoms with Crippen LogP contribution < -0.4 is 9.62 Å². The van der Waals surface area contributed by atoms with Crippen molar-refractivity contribution in [3.8, 4) is 0 Å². The topological polar surface area (TPSA) is 86.8 Å². The molecule has 8 heteroatoms. The van der Waals surface area contributed by atoms with Gasteiger partial charge in [0.1, 0.15) is 12.6 Å². The standard InChI is InChI=1S/C29H35N3O4S/c1-5-26(29(34)30-4)31(20-19-24-12-7-6-8-13-24)28(33)21-32(27-14-10-9-11-23(27)3)37(35,36)25-17-15-22(2)16-18-25/h6-18,26H,5,19-21H2,1-4H3,(H,30,34)/t26-/m1/s1. The van der Waals surface area contributed by atoms with Crippen molar-refractivity contribution in [3.63, 3.8) is 0 Å². The highest BCUT2D eigenvalue weighted by Crippen LogP contribution is 2.27. The molecule has 0 aliphatic rings. The van der Waals surface area contributed by atoms with E-state index in [1.165, 1.54) is 11.9 Å². The fourth-order valence-electron chi connectivity index (χ4n) is 4.26. The average molecular weight is 522 g/mol. The third-order valence-corrected chi connectivity index (χ3v) is 8.16. The molecule has 3 aromatic carbocycles. The summed E-state index contributed by atoms with van der Waals surface area (Å²) in [6.45, 7) is 5.38. The zero-order valence-corrected chi connectivity index (χ0v) is 22.7. The van der Waals surface area contributed by atoms with Crippen molar-refractivity contribution in [2.45, 2.75) is 44.6 Å². The molecule has 0 aliphatic heterocycles. The zero-order valence-electron chi connectivity index (χ0n) is 21.8. The molecule has 0 aliphatic carbocycles. The number of anilines is 1. The normalized spacial score (nSPS) is 12.0. The second-order valence-corrected chi connectivity index (χ2v) is 10.8. The second-order valence-electron chi connectivity index (χ2n) is 8.97. The van der Waals surface area contributed by atoms with E-state index in [9.17, 15) is 18.0 Å². The van der Waals surface area contributed by atoms with E-state index >= 15 is 0 Å². The minimum absolute atomic E-state index is 0.100. The fourth-order valence-corrected chi connectivity index (χ4v) is 5.74. The van der Waals surface area contributed by atoms with E-state index in [-0.39, 0.29) is 17.3 Å². The molecule has 0 unspecified atom stereocenters. The maximum atomic E-state index is 13.9. The maximum absolute atomic E-state index is 13.9. The molecular formula is C29H35N3O4S. The van der Waals surface area contributed by atoms with Gasteiger partial charge in [-0.3, -0.25) is 13.9 Å². The number of carbonyl (C=O) groups is 2. The van der Waals surface area contributed by atoms with E-state index in [4.69, 9.17) is 0 Å². The highest BCUT2D eigenvalue weighted by atomic mass is 32.2. The van der Waals surface area contributed by atoms with Gasteiger partial charge in [-0.1, -0.05) is 73.2 Å². The van der Waals surface area contributed by atoms with Crippen molar-refractivity contribution >= 4 is 27.5 Å². The Morgan fingerprint density at radius 2 is 1.51 bits per heavy atom. The Kier molecular flexibility index (Phi) is 9.47. The molecule has 0 heterocycles. The van der Waals surface area contributed by atoms with Crippen LogP contribution >= 0.6 is 0 Å². The number of likely N-dealkylation sites (N-methyl/N-ethyl adjacent to an activating group) is 1. The smallest absolute Gasteiger partial charge is 0.264 e. The number of rotatable bonds is 11. The highest BCUT2D eigenvalue weighted by Gasteiger charge is 2.33. The first-order chi connectivity index (χ1) is 17.7. The Bertz CT molecular complexity index is 1310. The molecule has 0 bridgehead atoms.